The number of hydrogen-bond acceptors (Lipinski definition) is 8. The van der Waals surface area contributed by atoms with Gasteiger partial charge in [0.1, 0.15) is 17.8 Å². The van der Waals surface area contributed by atoms with E-state index in [0.717, 1.165) is 18.5 Å². The van der Waals surface area contributed by atoms with Crippen LogP contribution in [0.2, 0.25) is 0 Å². The molecule has 1 saturated carbocycles. The van der Waals surface area contributed by atoms with Crippen LogP contribution in [0, 0.1) is 0 Å². The maximum Gasteiger partial charge on any atom is 0.279 e. The van der Waals surface area contributed by atoms with Crippen LogP contribution in [0.4, 0.5) is 17.3 Å². The van der Waals surface area contributed by atoms with E-state index in [9.17, 15) is 9.59 Å². The normalized spacial score (nSPS) is 12.9. The second kappa shape index (κ2) is 7.97. The van der Waals surface area contributed by atoms with Gasteiger partial charge in [-0.05, 0) is 25.0 Å². The number of aromatic nitrogens is 5. The number of rotatable bonds is 6. The molecular formula is C19H18N8O2. The van der Waals surface area contributed by atoms with Gasteiger partial charge < -0.3 is 16.0 Å². The van der Waals surface area contributed by atoms with Gasteiger partial charge in [0.05, 0.1) is 30.0 Å². The average molecular weight is 390 g/mol. The summed E-state index contributed by atoms with van der Waals surface area (Å²) in [7, 11) is 1.51. The standard InChI is InChI=1S/C19H18N8O2/c1-20-18(28)13-3-2-4-15(25-13)27-19(29)16-17(24-12-7-21-10-22-8-12)23-9-14(26-16)11-5-6-11/h2-4,7-11H,5-6H2,1H3,(H,20,28)(H,23,24)(H,25,27,29). The molecule has 0 bridgehead atoms. The number of hydrogen-bond donors (Lipinski definition) is 3. The first-order valence-corrected chi connectivity index (χ1v) is 9.03. The fourth-order valence-corrected chi connectivity index (χ4v) is 2.66. The summed E-state index contributed by atoms with van der Waals surface area (Å²) in [6.45, 7) is 0. The van der Waals surface area contributed by atoms with E-state index in [-0.39, 0.29) is 28.9 Å². The Kier molecular flexibility index (Phi) is 5.06. The number of carbonyl (C=O) groups excluding carboxylic acids is 2. The van der Waals surface area contributed by atoms with Gasteiger partial charge in [-0.25, -0.2) is 24.9 Å². The number of nitrogens with zero attached hydrogens (tertiary/aromatic N) is 5. The van der Waals surface area contributed by atoms with Crippen molar-refractivity contribution in [3.8, 4) is 0 Å². The molecule has 0 radical (unpaired) electrons. The summed E-state index contributed by atoms with van der Waals surface area (Å²) in [6, 6.07) is 4.80. The van der Waals surface area contributed by atoms with Gasteiger partial charge in [0.15, 0.2) is 11.5 Å². The molecular weight excluding hydrogens is 372 g/mol. The van der Waals surface area contributed by atoms with Gasteiger partial charge in [0.2, 0.25) is 0 Å². The molecule has 10 heteroatoms. The lowest BCUT2D eigenvalue weighted by Crippen LogP contribution is -2.21. The maximum atomic E-state index is 12.9. The molecule has 1 fully saturated rings. The van der Waals surface area contributed by atoms with E-state index in [4.69, 9.17) is 0 Å². The van der Waals surface area contributed by atoms with Gasteiger partial charge in [0.25, 0.3) is 11.8 Å². The van der Waals surface area contributed by atoms with Crippen LogP contribution < -0.4 is 16.0 Å². The van der Waals surface area contributed by atoms with Crippen molar-refractivity contribution in [2.45, 2.75) is 18.8 Å². The van der Waals surface area contributed by atoms with E-state index in [1.165, 1.54) is 13.4 Å². The third-order valence-corrected chi connectivity index (χ3v) is 4.28. The molecule has 29 heavy (non-hydrogen) atoms. The molecule has 0 unspecified atom stereocenters. The second-order valence-electron chi connectivity index (χ2n) is 6.46. The smallest absolute Gasteiger partial charge is 0.279 e. The van der Waals surface area contributed by atoms with Crippen molar-refractivity contribution in [1.82, 2.24) is 30.2 Å². The predicted molar refractivity (Wildman–Crippen MR) is 105 cm³/mol. The Hall–Kier alpha value is -3.95. The van der Waals surface area contributed by atoms with Crippen molar-refractivity contribution < 1.29 is 9.59 Å². The molecule has 10 nitrogen and oxygen atoms in total. The molecule has 0 spiro atoms. The minimum absolute atomic E-state index is 0.130. The van der Waals surface area contributed by atoms with Gasteiger partial charge in [0, 0.05) is 13.0 Å². The minimum Gasteiger partial charge on any atom is -0.354 e. The maximum absolute atomic E-state index is 12.9. The molecule has 0 atom stereocenters. The molecule has 4 rings (SSSR count). The zero-order chi connectivity index (χ0) is 20.2. The monoisotopic (exact) mass is 390 g/mol. The number of anilines is 3. The van der Waals surface area contributed by atoms with Crippen molar-refractivity contribution >= 4 is 29.1 Å². The second-order valence-corrected chi connectivity index (χ2v) is 6.46. The molecule has 0 aliphatic heterocycles. The Morgan fingerprint density at radius 1 is 1.03 bits per heavy atom. The van der Waals surface area contributed by atoms with Gasteiger partial charge in [-0.2, -0.15) is 0 Å². The van der Waals surface area contributed by atoms with Gasteiger partial charge in [-0.3, -0.25) is 9.59 Å². The van der Waals surface area contributed by atoms with Crippen molar-refractivity contribution in [3.63, 3.8) is 0 Å². The fourth-order valence-electron chi connectivity index (χ4n) is 2.66. The third-order valence-electron chi connectivity index (χ3n) is 4.28. The lowest BCUT2D eigenvalue weighted by Gasteiger charge is -2.12. The first-order chi connectivity index (χ1) is 14.1. The van der Waals surface area contributed by atoms with Gasteiger partial charge in [-0.1, -0.05) is 6.07 Å². The first kappa shape index (κ1) is 18.4. The number of amides is 2. The van der Waals surface area contributed by atoms with Crippen LogP contribution in [0.25, 0.3) is 0 Å². The number of carbonyl (C=O) groups is 2. The molecule has 3 N–H and O–H groups in total. The van der Waals surface area contributed by atoms with E-state index >= 15 is 0 Å². The summed E-state index contributed by atoms with van der Waals surface area (Å²) >= 11 is 0. The highest BCUT2D eigenvalue weighted by atomic mass is 16.2. The summed E-state index contributed by atoms with van der Waals surface area (Å²) in [5.74, 6) is 0.0229. The molecule has 2 amide bonds. The molecule has 3 aromatic rings. The number of nitrogens with one attached hydrogen (secondary N) is 3. The molecule has 1 aliphatic rings. The predicted octanol–water partition coefficient (Wildman–Crippen LogP) is 1.89. The van der Waals surface area contributed by atoms with E-state index in [0.29, 0.717) is 11.6 Å². The topological polar surface area (TPSA) is 135 Å². The summed E-state index contributed by atoms with van der Waals surface area (Å²) in [5.41, 5.74) is 1.68. The third kappa shape index (κ3) is 4.32. The minimum atomic E-state index is -0.485. The van der Waals surface area contributed by atoms with Crippen LogP contribution in [-0.2, 0) is 0 Å². The molecule has 3 heterocycles. The summed E-state index contributed by atoms with van der Waals surface area (Å²) in [5, 5.41) is 8.21. The Labute approximate surface area is 166 Å². The quantitative estimate of drug-likeness (QED) is 0.581. The van der Waals surface area contributed by atoms with Crippen LogP contribution in [0.15, 0.2) is 43.1 Å². The molecule has 146 valence electrons. The Morgan fingerprint density at radius 2 is 1.83 bits per heavy atom. The SMILES string of the molecule is CNC(=O)c1cccc(NC(=O)c2nc(C3CC3)cnc2Nc2cncnc2)n1. The van der Waals surface area contributed by atoms with Crippen LogP contribution in [0.3, 0.4) is 0 Å². The van der Waals surface area contributed by atoms with E-state index < -0.39 is 5.91 Å². The molecule has 3 aromatic heterocycles. The summed E-state index contributed by atoms with van der Waals surface area (Å²) in [6.07, 6.45) is 8.28. The van der Waals surface area contributed by atoms with Crippen LogP contribution in [0.1, 0.15) is 45.4 Å². The highest BCUT2D eigenvalue weighted by Crippen LogP contribution is 2.39. The Morgan fingerprint density at radius 3 is 2.55 bits per heavy atom. The Balaban J connectivity index is 1.62. The lowest BCUT2D eigenvalue weighted by molar-refractivity contribution is 0.0956. The average Bonchev–Trinajstić information content (AvgIpc) is 3.60. The largest absolute Gasteiger partial charge is 0.354 e. The van der Waals surface area contributed by atoms with E-state index in [1.54, 1.807) is 36.8 Å². The van der Waals surface area contributed by atoms with Crippen LogP contribution in [-0.4, -0.2) is 43.8 Å². The Bertz CT molecular complexity index is 1050. The highest BCUT2D eigenvalue weighted by Gasteiger charge is 2.28. The van der Waals surface area contributed by atoms with Crippen molar-refractivity contribution in [2.24, 2.45) is 0 Å². The van der Waals surface area contributed by atoms with Gasteiger partial charge >= 0.3 is 0 Å². The lowest BCUT2D eigenvalue weighted by atomic mass is 10.2. The zero-order valence-corrected chi connectivity index (χ0v) is 15.6. The van der Waals surface area contributed by atoms with Crippen molar-refractivity contribution in [3.05, 3.63) is 60.2 Å². The van der Waals surface area contributed by atoms with Crippen molar-refractivity contribution in [1.29, 1.82) is 0 Å². The zero-order valence-electron chi connectivity index (χ0n) is 15.6. The summed E-state index contributed by atoms with van der Waals surface area (Å²) in [4.78, 5) is 45.7. The summed E-state index contributed by atoms with van der Waals surface area (Å²) < 4.78 is 0. The highest BCUT2D eigenvalue weighted by molar-refractivity contribution is 6.06. The number of pyridine rings is 1. The fraction of sp³-hybridized carbons (Fsp3) is 0.211. The molecule has 1 aliphatic carbocycles. The van der Waals surface area contributed by atoms with Gasteiger partial charge in [-0.15, -0.1) is 0 Å². The van der Waals surface area contributed by atoms with E-state index in [2.05, 4.69) is 40.9 Å². The van der Waals surface area contributed by atoms with Crippen molar-refractivity contribution in [2.75, 3.05) is 17.7 Å². The molecule has 0 saturated heterocycles. The van der Waals surface area contributed by atoms with Crippen LogP contribution >= 0.6 is 0 Å². The van der Waals surface area contributed by atoms with Crippen LogP contribution in [0.5, 0.6) is 0 Å². The molecule has 0 aromatic carbocycles. The van der Waals surface area contributed by atoms with E-state index in [1.807, 2.05) is 0 Å². The first-order valence-electron chi connectivity index (χ1n) is 9.03.